The number of pyridine rings is 1. The van der Waals surface area contributed by atoms with Crippen LogP contribution < -0.4 is 4.31 Å². The zero-order valence-electron chi connectivity index (χ0n) is 11.3. The van der Waals surface area contributed by atoms with Crippen molar-refractivity contribution in [3.05, 3.63) is 54.2 Å². The molecule has 0 radical (unpaired) electrons. The van der Waals surface area contributed by atoms with Crippen LogP contribution in [0.15, 0.2) is 53.4 Å². The van der Waals surface area contributed by atoms with E-state index < -0.39 is 16.0 Å². The molecule has 0 saturated heterocycles. The summed E-state index contributed by atoms with van der Waals surface area (Å²) in [6.45, 7) is 1.81. The van der Waals surface area contributed by atoms with Crippen LogP contribution in [-0.4, -0.2) is 31.0 Å². The summed E-state index contributed by atoms with van der Waals surface area (Å²) >= 11 is 0. The summed E-state index contributed by atoms with van der Waals surface area (Å²) in [6.07, 6.45) is 0. The molecule has 1 aromatic heterocycles. The van der Waals surface area contributed by atoms with Crippen molar-refractivity contribution >= 4 is 21.8 Å². The van der Waals surface area contributed by atoms with Gasteiger partial charge in [0.15, 0.2) is 5.69 Å². The van der Waals surface area contributed by atoms with Crippen LogP contribution in [-0.2, 0) is 10.0 Å². The predicted molar refractivity (Wildman–Crippen MR) is 77.8 cm³/mol. The van der Waals surface area contributed by atoms with E-state index >= 15 is 0 Å². The van der Waals surface area contributed by atoms with Gasteiger partial charge in [0.05, 0.1) is 4.90 Å². The minimum Gasteiger partial charge on any atom is -0.477 e. The summed E-state index contributed by atoms with van der Waals surface area (Å²) in [4.78, 5) is 15.0. The molecule has 0 spiro atoms. The number of carboxylic acid groups (broad SMARTS) is 1. The minimum absolute atomic E-state index is 0.0845. The van der Waals surface area contributed by atoms with Gasteiger partial charge in [-0.3, -0.25) is 4.31 Å². The molecule has 1 N–H and O–H groups in total. The van der Waals surface area contributed by atoms with Crippen molar-refractivity contribution in [3.63, 3.8) is 0 Å². The van der Waals surface area contributed by atoms with E-state index in [-0.39, 0.29) is 23.0 Å². The van der Waals surface area contributed by atoms with Crippen LogP contribution in [0.3, 0.4) is 0 Å². The van der Waals surface area contributed by atoms with Crippen molar-refractivity contribution in [2.45, 2.75) is 11.8 Å². The summed E-state index contributed by atoms with van der Waals surface area (Å²) in [5, 5.41) is 8.95. The molecule has 0 fully saturated rings. The van der Waals surface area contributed by atoms with Crippen molar-refractivity contribution in [2.75, 3.05) is 10.8 Å². The van der Waals surface area contributed by atoms with E-state index in [1.54, 1.807) is 25.1 Å². The van der Waals surface area contributed by atoms with Crippen molar-refractivity contribution in [3.8, 4) is 0 Å². The first-order chi connectivity index (χ1) is 9.96. The molecule has 0 aliphatic carbocycles. The third kappa shape index (κ3) is 3.03. The van der Waals surface area contributed by atoms with Crippen LogP contribution in [0.2, 0.25) is 0 Å². The highest BCUT2D eigenvalue weighted by atomic mass is 32.2. The lowest BCUT2D eigenvalue weighted by molar-refractivity contribution is 0.0690. The molecule has 0 aliphatic rings. The standard InChI is InChI=1S/C14H14N2O4S/c1-2-16(13-10-6-9-12(15-13)14(17)18)21(19,20)11-7-4-3-5-8-11/h3-10H,2H2,1H3,(H,17,18). The molecule has 1 aromatic carbocycles. The first-order valence-electron chi connectivity index (χ1n) is 6.25. The van der Waals surface area contributed by atoms with Crippen molar-refractivity contribution < 1.29 is 18.3 Å². The normalized spacial score (nSPS) is 11.1. The highest BCUT2D eigenvalue weighted by Gasteiger charge is 2.24. The van der Waals surface area contributed by atoms with Gasteiger partial charge in [0.2, 0.25) is 0 Å². The topological polar surface area (TPSA) is 87.6 Å². The molecule has 2 aromatic rings. The molecular formula is C14H14N2O4S. The second kappa shape index (κ2) is 5.92. The Morgan fingerprint density at radius 1 is 1.14 bits per heavy atom. The Morgan fingerprint density at radius 2 is 1.81 bits per heavy atom. The zero-order valence-corrected chi connectivity index (χ0v) is 12.1. The Hall–Kier alpha value is -2.41. The number of benzene rings is 1. The van der Waals surface area contributed by atoms with E-state index in [1.165, 1.54) is 30.3 Å². The number of hydrogen-bond donors (Lipinski definition) is 1. The van der Waals surface area contributed by atoms with Gasteiger partial charge in [-0.25, -0.2) is 18.2 Å². The SMILES string of the molecule is CCN(c1cccc(C(=O)O)n1)S(=O)(=O)c1ccccc1. The van der Waals surface area contributed by atoms with Crippen LogP contribution >= 0.6 is 0 Å². The summed E-state index contributed by atoms with van der Waals surface area (Å²) in [5.41, 5.74) is -0.200. The molecule has 21 heavy (non-hydrogen) atoms. The van der Waals surface area contributed by atoms with Gasteiger partial charge in [0.1, 0.15) is 5.82 Å². The number of aromatic carboxylic acids is 1. The monoisotopic (exact) mass is 306 g/mol. The summed E-state index contributed by atoms with van der Waals surface area (Å²) in [5.74, 6) is -1.12. The van der Waals surface area contributed by atoms with Gasteiger partial charge in [-0.1, -0.05) is 24.3 Å². The Bertz CT molecular complexity index is 745. The van der Waals surface area contributed by atoms with E-state index in [4.69, 9.17) is 5.11 Å². The van der Waals surface area contributed by atoms with Crippen LogP contribution in [0.5, 0.6) is 0 Å². The fourth-order valence-electron chi connectivity index (χ4n) is 1.86. The van der Waals surface area contributed by atoms with Gasteiger partial charge >= 0.3 is 5.97 Å². The van der Waals surface area contributed by atoms with E-state index in [2.05, 4.69) is 4.98 Å². The van der Waals surface area contributed by atoms with E-state index in [9.17, 15) is 13.2 Å². The third-order valence-electron chi connectivity index (χ3n) is 2.83. The van der Waals surface area contributed by atoms with Gasteiger partial charge in [-0.15, -0.1) is 0 Å². The lowest BCUT2D eigenvalue weighted by atomic mass is 10.3. The minimum atomic E-state index is -3.77. The van der Waals surface area contributed by atoms with Crippen LogP contribution in [0.1, 0.15) is 17.4 Å². The molecule has 0 bridgehead atoms. The molecule has 0 aliphatic heterocycles. The maximum atomic E-state index is 12.6. The number of carboxylic acids is 1. The van der Waals surface area contributed by atoms with Crippen molar-refractivity contribution in [1.29, 1.82) is 0 Å². The maximum absolute atomic E-state index is 12.6. The van der Waals surface area contributed by atoms with Crippen LogP contribution in [0.4, 0.5) is 5.82 Å². The number of nitrogens with zero attached hydrogens (tertiary/aromatic N) is 2. The molecule has 0 amide bonds. The zero-order chi connectivity index (χ0) is 15.5. The average Bonchev–Trinajstić information content (AvgIpc) is 2.49. The van der Waals surface area contributed by atoms with E-state index in [0.29, 0.717) is 0 Å². The van der Waals surface area contributed by atoms with Crippen molar-refractivity contribution in [1.82, 2.24) is 4.98 Å². The van der Waals surface area contributed by atoms with Crippen molar-refractivity contribution in [2.24, 2.45) is 0 Å². The Kier molecular flexibility index (Phi) is 4.23. The van der Waals surface area contributed by atoms with E-state index in [0.717, 1.165) is 4.31 Å². The molecule has 0 atom stereocenters. The molecule has 7 heteroatoms. The summed E-state index contributed by atoms with van der Waals surface area (Å²) < 4.78 is 26.2. The van der Waals surface area contributed by atoms with E-state index in [1.807, 2.05) is 0 Å². The van der Waals surface area contributed by atoms with Crippen LogP contribution in [0.25, 0.3) is 0 Å². The summed E-state index contributed by atoms with van der Waals surface area (Å²) in [7, 11) is -3.77. The van der Waals surface area contributed by atoms with Gasteiger partial charge in [0, 0.05) is 6.54 Å². The Morgan fingerprint density at radius 3 is 2.38 bits per heavy atom. The first kappa shape index (κ1) is 15.0. The number of carbonyl (C=O) groups is 1. The average molecular weight is 306 g/mol. The highest BCUT2D eigenvalue weighted by molar-refractivity contribution is 7.92. The van der Waals surface area contributed by atoms with Gasteiger partial charge in [-0.05, 0) is 31.2 Å². The number of anilines is 1. The lowest BCUT2D eigenvalue weighted by Crippen LogP contribution is -2.31. The maximum Gasteiger partial charge on any atom is 0.354 e. The first-order valence-corrected chi connectivity index (χ1v) is 7.69. The summed E-state index contributed by atoms with van der Waals surface area (Å²) in [6, 6.07) is 12.2. The highest BCUT2D eigenvalue weighted by Crippen LogP contribution is 2.21. The Balaban J connectivity index is 2.49. The van der Waals surface area contributed by atoms with Gasteiger partial charge < -0.3 is 5.11 Å². The molecule has 0 unspecified atom stereocenters. The molecule has 2 rings (SSSR count). The van der Waals surface area contributed by atoms with Gasteiger partial charge in [-0.2, -0.15) is 0 Å². The quantitative estimate of drug-likeness (QED) is 0.912. The second-order valence-corrected chi connectivity index (χ2v) is 6.03. The molecule has 1 heterocycles. The molecule has 6 nitrogen and oxygen atoms in total. The number of hydrogen-bond acceptors (Lipinski definition) is 4. The fraction of sp³-hybridized carbons (Fsp3) is 0.143. The predicted octanol–water partition coefficient (Wildman–Crippen LogP) is 1.99. The van der Waals surface area contributed by atoms with Crippen LogP contribution in [0, 0.1) is 0 Å². The third-order valence-corrected chi connectivity index (χ3v) is 4.72. The second-order valence-electron chi connectivity index (χ2n) is 4.17. The number of rotatable bonds is 5. The smallest absolute Gasteiger partial charge is 0.354 e. The lowest BCUT2D eigenvalue weighted by Gasteiger charge is -2.21. The molecule has 0 saturated carbocycles. The van der Waals surface area contributed by atoms with Gasteiger partial charge in [0.25, 0.3) is 10.0 Å². The number of aromatic nitrogens is 1. The fourth-order valence-corrected chi connectivity index (χ4v) is 3.30. The Labute approximate surface area is 122 Å². The molecule has 110 valence electrons. The molecular weight excluding hydrogens is 292 g/mol. The number of sulfonamides is 1. The largest absolute Gasteiger partial charge is 0.477 e.